The fourth-order valence-electron chi connectivity index (χ4n) is 2.46. The zero-order valence-corrected chi connectivity index (χ0v) is 13.7. The summed E-state index contributed by atoms with van der Waals surface area (Å²) in [6, 6.07) is 3.29. The van der Waals surface area contributed by atoms with Crippen LogP contribution in [0.15, 0.2) is 23.1 Å². The van der Waals surface area contributed by atoms with E-state index in [4.69, 9.17) is 0 Å². The van der Waals surface area contributed by atoms with E-state index in [0.717, 1.165) is 12.3 Å². The molecule has 1 saturated heterocycles. The van der Waals surface area contributed by atoms with E-state index in [-0.39, 0.29) is 33.8 Å². The summed E-state index contributed by atoms with van der Waals surface area (Å²) in [4.78, 5) is 11.9. The molecule has 1 heterocycles. The van der Waals surface area contributed by atoms with Crippen LogP contribution in [0.1, 0.15) is 6.42 Å². The zero-order valence-electron chi connectivity index (χ0n) is 12.1. The van der Waals surface area contributed by atoms with Gasteiger partial charge < -0.3 is 4.90 Å². The maximum Gasteiger partial charge on any atom is 0.293 e. The van der Waals surface area contributed by atoms with Gasteiger partial charge in [-0.25, -0.2) is 16.8 Å². The third-order valence-electron chi connectivity index (χ3n) is 3.71. The van der Waals surface area contributed by atoms with Gasteiger partial charge in [-0.1, -0.05) is 0 Å². The highest BCUT2D eigenvalue weighted by Gasteiger charge is 2.33. The van der Waals surface area contributed by atoms with Crippen molar-refractivity contribution < 1.29 is 21.8 Å². The summed E-state index contributed by atoms with van der Waals surface area (Å²) in [5.41, 5.74) is -0.144. The van der Waals surface area contributed by atoms with E-state index in [2.05, 4.69) is 0 Å². The fraction of sp³-hybridized carbons (Fsp3) is 0.500. The molecule has 1 fully saturated rings. The predicted molar refractivity (Wildman–Crippen MR) is 81.7 cm³/mol. The molecule has 1 atom stereocenters. The second kappa shape index (κ2) is 5.51. The third-order valence-corrected chi connectivity index (χ3v) is 6.57. The van der Waals surface area contributed by atoms with E-state index in [1.165, 1.54) is 17.0 Å². The van der Waals surface area contributed by atoms with Crippen LogP contribution in [0.3, 0.4) is 0 Å². The molecule has 22 heavy (non-hydrogen) atoms. The van der Waals surface area contributed by atoms with Gasteiger partial charge in [-0.3, -0.25) is 10.1 Å². The molecule has 122 valence electrons. The molecule has 0 N–H and O–H groups in total. The smallest absolute Gasteiger partial charge is 0.293 e. The quantitative estimate of drug-likeness (QED) is 0.578. The lowest BCUT2D eigenvalue weighted by Crippen LogP contribution is -2.33. The summed E-state index contributed by atoms with van der Waals surface area (Å²) in [6.45, 7) is 0. The predicted octanol–water partition coefficient (Wildman–Crippen LogP) is 0.622. The Kier molecular flexibility index (Phi) is 4.18. The Morgan fingerprint density at radius 2 is 2.00 bits per heavy atom. The normalized spacial score (nSPS) is 20.7. The first-order valence-corrected chi connectivity index (χ1v) is 10.1. The van der Waals surface area contributed by atoms with Crippen LogP contribution in [-0.2, 0) is 19.7 Å². The minimum absolute atomic E-state index is 0.0528. The molecule has 10 heteroatoms. The van der Waals surface area contributed by atoms with Crippen LogP contribution in [0.5, 0.6) is 0 Å². The number of hydrogen-bond acceptors (Lipinski definition) is 7. The number of nitro groups is 1. The van der Waals surface area contributed by atoms with E-state index >= 15 is 0 Å². The molecule has 1 aromatic rings. The second-order valence-electron chi connectivity index (χ2n) is 5.35. The molecule has 0 aliphatic carbocycles. The van der Waals surface area contributed by atoms with Gasteiger partial charge in [0.05, 0.1) is 21.3 Å². The molecule has 0 bridgehead atoms. The molecule has 0 aromatic heterocycles. The van der Waals surface area contributed by atoms with Gasteiger partial charge in [-0.05, 0) is 18.6 Å². The van der Waals surface area contributed by atoms with Gasteiger partial charge in [0, 0.05) is 25.4 Å². The molecule has 0 radical (unpaired) electrons. The van der Waals surface area contributed by atoms with Crippen LogP contribution in [0.2, 0.25) is 0 Å². The van der Waals surface area contributed by atoms with Crippen molar-refractivity contribution >= 4 is 31.0 Å². The average Bonchev–Trinajstić information content (AvgIpc) is 2.76. The van der Waals surface area contributed by atoms with Crippen molar-refractivity contribution in [2.24, 2.45) is 0 Å². The van der Waals surface area contributed by atoms with Gasteiger partial charge >= 0.3 is 0 Å². The zero-order chi connectivity index (χ0) is 16.7. The first-order chi connectivity index (χ1) is 10.0. The molecule has 0 spiro atoms. The molecule has 2 rings (SSSR count). The van der Waals surface area contributed by atoms with Crippen molar-refractivity contribution in [3.05, 3.63) is 28.3 Å². The molecule has 1 aromatic carbocycles. The van der Waals surface area contributed by atoms with Crippen molar-refractivity contribution in [3.63, 3.8) is 0 Å². The molecular weight excluding hydrogens is 332 g/mol. The Morgan fingerprint density at radius 1 is 1.36 bits per heavy atom. The lowest BCUT2D eigenvalue weighted by atomic mass is 10.2. The SMILES string of the molecule is CN(c1ccc(S(C)(=O)=O)cc1[N+](=O)[O-])[C@@H]1CCS(=O)(=O)C1. The first-order valence-electron chi connectivity index (χ1n) is 6.43. The van der Waals surface area contributed by atoms with Gasteiger partial charge in [0.2, 0.25) is 0 Å². The second-order valence-corrected chi connectivity index (χ2v) is 9.59. The summed E-state index contributed by atoms with van der Waals surface area (Å²) in [5.74, 6) is -0.00822. The van der Waals surface area contributed by atoms with Crippen LogP contribution in [0.25, 0.3) is 0 Å². The molecule has 0 unspecified atom stereocenters. The van der Waals surface area contributed by atoms with E-state index < -0.39 is 24.6 Å². The number of anilines is 1. The molecular formula is C12H16N2O6S2. The number of benzene rings is 1. The Bertz CT molecular complexity index is 816. The average molecular weight is 348 g/mol. The number of nitrogens with zero attached hydrogens (tertiary/aromatic N) is 2. The van der Waals surface area contributed by atoms with E-state index in [1.54, 1.807) is 7.05 Å². The topological polar surface area (TPSA) is 115 Å². The van der Waals surface area contributed by atoms with Crippen LogP contribution in [0, 0.1) is 10.1 Å². The molecule has 1 aliphatic heterocycles. The van der Waals surface area contributed by atoms with E-state index in [9.17, 15) is 26.9 Å². The Balaban J connectivity index is 2.45. The summed E-state index contributed by atoms with van der Waals surface area (Å²) in [5, 5.41) is 11.2. The van der Waals surface area contributed by atoms with E-state index in [1.807, 2.05) is 0 Å². The highest BCUT2D eigenvalue weighted by molar-refractivity contribution is 7.91. The maximum atomic E-state index is 11.5. The number of hydrogen-bond donors (Lipinski definition) is 0. The molecule has 0 amide bonds. The minimum atomic E-state index is -3.56. The van der Waals surface area contributed by atoms with Gasteiger partial charge in [0.15, 0.2) is 19.7 Å². The largest absolute Gasteiger partial charge is 0.365 e. The van der Waals surface area contributed by atoms with Gasteiger partial charge in [0.25, 0.3) is 5.69 Å². The number of sulfone groups is 2. The Hall–Kier alpha value is -1.68. The Labute approximate surface area is 128 Å². The van der Waals surface area contributed by atoms with Crippen LogP contribution < -0.4 is 4.90 Å². The van der Waals surface area contributed by atoms with Crippen LogP contribution in [0.4, 0.5) is 11.4 Å². The minimum Gasteiger partial charge on any atom is -0.365 e. The lowest BCUT2D eigenvalue weighted by molar-refractivity contribution is -0.384. The summed E-state index contributed by atoms with van der Waals surface area (Å²) in [7, 11) is -5.10. The van der Waals surface area contributed by atoms with E-state index in [0.29, 0.717) is 6.42 Å². The van der Waals surface area contributed by atoms with Crippen LogP contribution in [-0.4, -0.2) is 52.6 Å². The summed E-state index contributed by atoms with van der Waals surface area (Å²) in [6.07, 6.45) is 1.36. The monoisotopic (exact) mass is 348 g/mol. The lowest BCUT2D eigenvalue weighted by Gasteiger charge is -2.25. The van der Waals surface area contributed by atoms with Gasteiger partial charge in [-0.15, -0.1) is 0 Å². The van der Waals surface area contributed by atoms with Crippen molar-refractivity contribution in [2.45, 2.75) is 17.4 Å². The van der Waals surface area contributed by atoms with Crippen molar-refractivity contribution in [1.82, 2.24) is 0 Å². The third kappa shape index (κ3) is 3.38. The molecule has 0 saturated carbocycles. The van der Waals surface area contributed by atoms with Crippen molar-refractivity contribution in [1.29, 1.82) is 0 Å². The highest BCUT2D eigenvalue weighted by atomic mass is 32.2. The molecule has 8 nitrogen and oxygen atoms in total. The van der Waals surface area contributed by atoms with Gasteiger partial charge in [-0.2, -0.15) is 0 Å². The summed E-state index contributed by atoms with van der Waals surface area (Å²) >= 11 is 0. The van der Waals surface area contributed by atoms with Crippen molar-refractivity contribution in [3.8, 4) is 0 Å². The fourth-order valence-corrected chi connectivity index (χ4v) is 4.87. The molecule has 1 aliphatic rings. The standard InChI is InChI=1S/C12H16N2O6S2/c1-13(9-5-6-22(19,20)8-9)11-4-3-10(21(2,17)18)7-12(11)14(15)16/h3-4,7,9H,5-6,8H2,1-2H3/t9-/m1/s1. The maximum absolute atomic E-state index is 11.5. The van der Waals surface area contributed by atoms with Gasteiger partial charge in [0.1, 0.15) is 5.69 Å². The summed E-state index contributed by atoms with van der Waals surface area (Å²) < 4.78 is 46.1. The Morgan fingerprint density at radius 3 is 2.45 bits per heavy atom. The van der Waals surface area contributed by atoms with Crippen LogP contribution >= 0.6 is 0 Å². The highest BCUT2D eigenvalue weighted by Crippen LogP contribution is 2.33. The number of rotatable bonds is 4. The number of nitro benzene ring substituents is 1. The first kappa shape index (κ1) is 16.7. The van der Waals surface area contributed by atoms with Crippen molar-refractivity contribution in [2.75, 3.05) is 29.7 Å².